The van der Waals surface area contributed by atoms with Gasteiger partial charge >= 0.3 is 12.1 Å². The third kappa shape index (κ3) is 4.83. The molecule has 1 unspecified atom stereocenters. The summed E-state index contributed by atoms with van der Waals surface area (Å²) in [6.45, 7) is 1.57. The molecule has 0 spiro atoms. The van der Waals surface area contributed by atoms with Crippen molar-refractivity contribution in [2.24, 2.45) is 5.92 Å². The molecule has 1 saturated heterocycles. The molecular formula is C15H18N2O7. The van der Waals surface area contributed by atoms with Crippen molar-refractivity contribution in [3.05, 3.63) is 24.2 Å². The smallest absolute Gasteiger partial charge is 0.413 e. The van der Waals surface area contributed by atoms with E-state index >= 15 is 0 Å². The van der Waals surface area contributed by atoms with Crippen LogP contribution in [0, 0.1) is 5.92 Å². The SMILES string of the molecule is CCOC(=O)NC(=O)COC(=O)C1CC(=O)N(Cc2ccco2)C1. The summed E-state index contributed by atoms with van der Waals surface area (Å²) in [7, 11) is 0. The molecule has 130 valence electrons. The van der Waals surface area contributed by atoms with E-state index < -0.39 is 30.5 Å². The minimum atomic E-state index is -0.904. The highest BCUT2D eigenvalue weighted by Gasteiger charge is 2.35. The van der Waals surface area contributed by atoms with Crippen LogP contribution in [0.25, 0.3) is 0 Å². The average molecular weight is 338 g/mol. The summed E-state index contributed by atoms with van der Waals surface area (Å²) >= 11 is 0. The van der Waals surface area contributed by atoms with Crippen LogP contribution >= 0.6 is 0 Å². The molecule has 2 heterocycles. The molecule has 0 saturated carbocycles. The van der Waals surface area contributed by atoms with E-state index in [1.165, 1.54) is 11.2 Å². The Kier molecular flexibility index (Phi) is 5.94. The average Bonchev–Trinajstić information content (AvgIpc) is 3.16. The summed E-state index contributed by atoms with van der Waals surface area (Å²) < 4.78 is 14.5. The van der Waals surface area contributed by atoms with Crippen molar-refractivity contribution in [2.45, 2.75) is 19.9 Å². The minimum absolute atomic E-state index is 0.0129. The molecule has 0 aliphatic carbocycles. The first-order chi connectivity index (χ1) is 11.5. The molecular weight excluding hydrogens is 320 g/mol. The first-order valence-electron chi connectivity index (χ1n) is 7.43. The molecule has 1 aromatic heterocycles. The Bertz CT molecular complexity index is 611. The van der Waals surface area contributed by atoms with Crippen LogP contribution in [-0.4, -0.2) is 48.5 Å². The van der Waals surface area contributed by atoms with E-state index in [2.05, 4.69) is 4.74 Å². The zero-order chi connectivity index (χ0) is 17.5. The van der Waals surface area contributed by atoms with Crippen molar-refractivity contribution in [2.75, 3.05) is 19.8 Å². The van der Waals surface area contributed by atoms with E-state index in [0.717, 1.165) is 0 Å². The molecule has 0 aromatic carbocycles. The van der Waals surface area contributed by atoms with E-state index in [4.69, 9.17) is 9.15 Å². The predicted octanol–water partition coefficient (Wildman–Crippen LogP) is 0.444. The topological polar surface area (TPSA) is 115 Å². The number of amides is 3. The minimum Gasteiger partial charge on any atom is -0.467 e. The van der Waals surface area contributed by atoms with Crippen LogP contribution < -0.4 is 5.32 Å². The molecule has 24 heavy (non-hydrogen) atoms. The van der Waals surface area contributed by atoms with Crippen LogP contribution in [0.3, 0.4) is 0 Å². The molecule has 1 aromatic rings. The normalized spacial score (nSPS) is 16.8. The van der Waals surface area contributed by atoms with E-state index in [1.54, 1.807) is 19.1 Å². The van der Waals surface area contributed by atoms with Gasteiger partial charge in [0.25, 0.3) is 5.91 Å². The summed E-state index contributed by atoms with van der Waals surface area (Å²) in [6, 6.07) is 3.45. The number of ether oxygens (including phenoxy) is 2. The lowest BCUT2D eigenvalue weighted by atomic mass is 10.1. The number of hydrogen-bond acceptors (Lipinski definition) is 7. The van der Waals surface area contributed by atoms with Crippen molar-refractivity contribution in [1.82, 2.24) is 10.2 Å². The van der Waals surface area contributed by atoms with Gasteiger partial charge in [0.1, 0.15) is 5.76 Å². The molecule has 9 heteroatoms. The fourth-order valence-electron chi connectivity index (χ4n) is 2.25. The van der Waals surface area contributed by atoms with Gasteiger partial charge < -0.3 is 18.8 Å². The summed E-state index contributed by atoms with van der Waals surface area (Å²) in [5.41, 5.74) is 0. The van der Waals surface area contributed by atoms with Crippen LogP contribution in [0.4, 0.5) is 4.79 Å². The maximum atomic E-state index is 11.9. The number of furan rings is 1. The van der Waals surface area contributed by atoms with Gasteiger partial charge in [-0.2, -0.15) is 0 Å². The summed E-state index contributed by atoms with van der Waals surface area (Å²) in [5, 5.41) is 1.91. The van der Waals surface area contributed by atoms with Gasteiger partial charge in [-0.05, 0) is 19.1 Å². The maximum Gasteiger partial charge on any atom is 0.413 e. The number of likely N-dealkylation sites (tertiary alicyclic amines) is 1. The Morgan fingerprint density at radius 2 is 2.17 bits per heavy atom. The highest BCUT2D eigenvalue weighted by molar-refractivity contribution is 5.93. The Hall–Kier alpha value is -2.84. The Morgan fingerprint density at radius 3 is 2.83 bits per heavy atom. The van der Waals surface area contributed by atoms with Crippen LogP contribution in [0.1, 0.15) is 19.1 Å². The van der Waals surface area contributed by atoms with Crippen LogP contribution in [0.15, 0.2) is 22.8 Å². The number of hydrogen-bond donors (Lipinski definition) is 1. The van der Waals surface area contributed by atoms with Crippen LogP contribution in [-0.2, 0) is 30.4 Å². The Morgan fingerprint density at radius 1 is 1.38 bits per heavy atom. The quantitative estimate of drug-likeness (QED) is 0.748. The van der Waals surface area contributed by atoms with Gasteiger partial charge in [0.05, 0.1) is 25.3 Å². The van der Waals surface area contributed by atoms with Crippen molar-refractivity contribution >= 4 is 23.9 Å². The van der Waals surface area contributed by atoms with Crippen LogP contribution in [0.5, 0.6) is 0 Å². The molecule has 1 aliphatic rings. The van der Waals surface area contributed by atoms with Gasteiger partial charge in [-0.3, -0.25) is 19.7 Å². The van der Waals surface area contributed by atoms with E-state index in [9.17, 15) is 19.2 Å². The van der Waals surface area contributed by atoms with Crippen molar-refractivity contribution < 1.29 is 33.1 Å². The molecule has 9 nitrogen and oxygen atoms in total. The highest BCUT2D eigenvalue weighted by atomic mass is 16.6. The Labute approximate surface area is 137 Å². The van der Waals surface area contributed by atoms with Gasteiger partial charge in [-0.25, -0.2) is 4.79 Å². The van der Waals surface area contributed by atoms with E-state index in [-0.39, 0.29) is 32.0 Å². The summed E-state index contributed by atoms with van der Waals surface area (Å²) in [5.74, 6) is -1.68. The molecule has 2 rings (SSSR count). The molecule has 1 aliphatic heterocycles. The summed E-state index contributed by atoms with van der Waals surface area (Å²) in [6.07, 6.45) is 0.613. The van der Waals surface area contributed by atoms with Gasteiger partial charge in [-0.1, -0.05) is 0 Å². The number of carbonyl (C=O) groups is 4. The largest absolute Gasteiger partial charge is 0.467 e. The van der Waals surface area contributed by atoms with Gasteiger partial charge in [0.15, 0.2) is 6.61 Å². The van der Waals surface area contributed by atoms with E-state index in [1.807, 2.05) is 5.32 Å². The monoisotopic (exact) mass is 338 g/mol. The standard InChI is InChI=1S/C15H18N2O7/c1-2-22-15(21)16-12(18)9-24-14(20)10-6-13(19)17(7-10)8-11-4-3-5-23-11/h3-5,10H,2,6-9H2,1H3,(H,16,18,21). The second-order valence-corrected chi connectivity index (χ2v) is 5.13. The number of imide groups is 1. The molecule has 3 amide bonds. The predicted molar refractivity (Wildman–Crippen MR) is 78.4 cm³/mol. The third-order valence-electron chi connectivity index (χ3n) is 3.34. The van der Waals surface area contributed by atoms with Crippen molar-refractivity contribution in [3.63, 3.8) is 0 Å². The number of alkyl carbamates (subject to hydrolysis) is 1. The highest BCUT2D eigenvalue weighted by Crippen LogP contribution is 2.21. The molecule has 0 bridgehead atoms. The lowest BCUT2D eigenvalue weighted by molar-refractivity contribution is -0.152. The molecule has 1 fully saturated rings. The van der Waals surface area contributed by atoms with Gasteiger partial charge in [0.2, 0.25) is 5.91 Å². The molecule has 1 atom stereocenters. The molecule has 1 N–H and O–H groups in total. The van der Waals surface area contributed by atoms with E-state index in [0.29, 0.717) is 5.76 Å². The number of rotatable bonds is 6. The zero-order valence-corrected chi connectivity index (χ0v) is 13.1. The van der Waals surface area contributed by atoms with Gasteiger partial charge in [-0.15, -0.1) is 0 Å². The zero-order valence-electron chi connectivity index (χ0n) is 13.1. The Balaban J connectivity index is 1.76. The fraction of sp³-hybridized carbons (Fsp3) is 0.467. The lowest BCUT2D eigenvalue weighted by Crippen LogP contribution is -2.35. The van der Waals surface area contributed by atoms with Crippen molar-refractivity contribution in [1.29, 1.82) is 0 Å². The van der Waals surface area contributed by atoms with Gasteiger partial charge in [0, 0.05) is 13.0 Å². The second kappa shape index (κ2) is 8.14. The molecule has 0 radical (unpaired) electrons. The number of carbonyl (C=O) groups excluding carboxylic acids is 4. The second-order valence-electron chi connectivity index (χ2n) is 5.13. The number of esters is 1. The third-order valence-corrected chi connectivity index (χ3v) is 3.34. The fourth-order valence-corrected chi connectivity index (χ4v) is 2.25. The van der Waals surface area contributed by atoms with Crippen molar-refractivity contribution in [3.8, 4) is 0 Å². The first-order valence-corrected chi connectivity index (χ1v) is 7.43. The lowest BCUT2D eigenvalue weighted by Gasteiger charge is -2.14. The summed E-state index contributed by atoms with van der Waals surface area (Å²) in [4.78, 5) is 47.8. The van der Waals surface area contributed by atoms with Crippen LogP contribution in [0.2, 0.25) is 0 Å². The number of nitrogens with one attached hydrogen (secondary N) is 1. The maximum absolute atomic E-state index is 11.9. The number of nitrogens with zero attached hydrogens (tertiary/aromatic N) is 1. The first kappa shape index (κ1) is 17.5.